The number of piperidine rings is 3. The largest absolute Gasteiger partial charge is 0.347 e. The van der Waals surface area contributed by atoms with Crippen LogP contribution in [-0.4, -0.2) is 46.8 Å². The van der Waals surface area contributed by atoms with Crippen molar-refractivity contribution in [3.05, 3.63) is 35.5 Å². The minimum Gasteiger partial charge on any atom is -0.347 e. The zero-order valence-corrected chi connectivity index (χ0v) is 15.4. The zero-order chi connectivity index (χ0) is 16.8. The molecule has 25 heavy (non-hydrogen) atoms. The minimum atomic E-state index is -0.465. The summed E-state index contributed by atoms with van der Waals surface area (Å²) in [5, 5.41) is 3.86. The Bertz CT molecular complexity index is 821. The molecule has 1 atom stereocenters. The first-order valence-electron chi connectivity index (χ1n) is 8.68. The smallest absolute Gasteiger partial charge is 0.292 e. The van der Waals surface area contributed by atoms with Crippen LogP contribution in [-0.2, 0) is 11.8 Å². The van der Waals surface area contributed by atoms with Crippen LogP contribution >= 0.6 is 12.4 Å². The van der Waals surface area contributed by atoms with Crippen LogP contribution in [0, 0.1) is 12.8 Å². The van der Waals surface area contributed by atoms with Gasteiger partial charge in [0.1, 0.15) is 0 Å². The van der Waals surface area contributed by atoms with Gasteiger partial charge in [0.25, 0.3) is 11.7 Å². The Morgan fingerprint density at radius 1 is 1.16 bits per heavy atom. The molecule has 1 N–H and O–H groups in total. The summed E-state index contributed by atoms with van der Waals surface area (Å²) < 4.78 is 1.98. The minimum absolute atomic E-state index is 0. The van der Waals surface area contributed by atoms with Crippen LogP contribution < -0.4 is 5.32 Å². The van der Waals surface area contributed by atoms with Crippen LogP contribution in [0.1, 0.15) is 28.9 Å². The number of fused-ring (bicyclic) bond motifs is 4. The van der Waals surface area contributed by atoms with E-state index in [4.69, 9.17) is 0 Å². The summed E-state index contributed by atoms with van der Waals surface area (Å²) in [6.07, 6.45) is 2.23. The second-order valence-electron chi connectivity index (χ2n) is 7.08. The lowest BCUT2D eigenvalue weighted by atomic mass is 9.84. The number of aryl methyl sites for hydroxylation is 1. The Morgan fingerprint density at radius 2 is 1.84 bits per heavy atom. The van der Waals surface area contributed by atoms with Gasteiger partial charge in [0.15, 0.2) is 0 Å². The van der Waals surface area contributed by atoms with Gasteiger partial charge in [0, 0.05) is 36.2 Å². The summed E-state index contributed by atoms with van der Waals surface area (Å²) in [7, 11) is 1.93. The van der Waals surface area contributed by atoms with Gasteiger partial charge in [-0.05, 0) is 44.8 Å². The third-order valence-corrected chi connectivity index (χ3v) is 5.81. The Labute approximate surface area is 153 Å². The van der Waals surface area contributed by atoms with Gasteiger partial charge < -0.3 is 14.8 Å². The molecule has 3 aliphatic heterocycles. The number of aromatic nitrogens is 1. The average molecular weight is 362 g/mol. The molecular weight excluding hydrogens is 338 g/mol. The molecule has 1 aromatic carbocycles. The number of nitrogens with zero attached hydrogens (tertiary/aromatic N) is 2. The van der Waals surface area contributed by atoms with Gasteiger partial charge in [0.05, 0.1) is 5.56 Å². The molecule has 1 aromatic heterocycles. The molecule has 0 saturated carbocycles. The quantitative estimate of drug-likeness (QED) is 0.674. The first kappa shape index (κ1) is 18.0. The third kappa shape index (κ3) is 2.96. The molecule has 0 aliphatic carbocycles. The van der Waals surface area contributed by atoms with Gasteiger partial charge in [-0.15, -0.1) is 12.4 Å². The van der Waals surface area contributed by atoms with Gasteiger partial charge in [-0.2, -0.15) is 0 Å². The van der Waals surface area contributed by atoms with Crippen LogP contribution in [0.25, 0.3) is 10.9 Å². The topological polar surface area (TPSA) is 54.3 Å². The van der Waals surface area contributed by atoms with E-state index in [0.29, 0.717) is 11.5 Å². The number of nitrogens with one attached hydrogen (secondary N) is 1. The molecule has 4 heterocycles. The summed E-state index contributed by atoms with van der Waals surface area (Å²) in [6.45, 7) is 5.01. The van der Waals surface area contributed by atoms with Crippen LogP contribution in [0.3, 0.4) is 0 Å². The number of Topliss-reactive ketones (excluding diaryl/α,β-unsaturated/α-hetero) is 1. The molecular formula is C19H24ClN3O2. The Morgan fingerprint density at radius 3 is 2.48 bits per heavy atom. The van der Waals surface area contributed by atoms with Gasteiger partial charge in [-0.1, -0.05) is 18.2 Å². The lowest BCUT2D eigenvalue weighted by Gasteiger charge is -2.44. The van der Waals surface area contributed by atoms with Gasteiger partial charge >= 0.3 is 0 Å². The summed E-state index contributed by atoms with van der Waals surface area (Å²) in [5.74, 6) is -0.366. The molecule has 0 radical (unpaired) electrons. The molecule has 2 bridgehead atoms. The monoisotopic (exact) mass is 361 g/mol. The van der Waals surface area contributed by atoms with E-state index in [1.54, 1.807) is 0 Å². The molecule has 1 amide bonds. The lowest BCUT2D eigenvalue weighted by molar-refractivity contribution is -0.119. The fourth-order valence-corrected chi connectivity index (χ4v) is 4.28. The van der Waals surface area contributed by atoms with Crippen molar-refractivity contribution in [3.63, 3.8) is 0 Å². The number of hydrogen-bond acceptors (Lipinski definition) is 3. The Balaban J connectivity index is 0.00000182. The Kier molecular flexibility index (Phi) is 4.89. The number of carbonyl (C=O) groups is 2. The first-order chi connectivity index (χ1) is 11.6. The van der Waals surface area contributed by atoms with Crippen LogP contribution in [0.15, 0.2) is 24.3 Å². The molecule has 6 heteroatoms. The second-order valence-corrected chi connectivity index (χ2v) is 7.08. The van der Waals surface area contributed by atoms with Gasteiger partial charge in [0.2, 0.25) is 0 Å². The van der Waals surface area contributed by atoms with E-state index in [2.05, 4.69) is 10.2 Å². The van der Waals surface area contributed by atoms with E-state index in [9.17, 15) is 9.59 Å². The van der Waals surface area contributed by atoms with E-state index >= 15 is 0 Å². The summed E-state index contributed by atoms with van der Waals surface area (Å²) in [5.41, 5.74) is 2.35. The summed E-state index contributed by atoms with van der Waals surface area (Å²) in [4.78, 5) is 27.8. The molecule has 0 spiro atoms. The van der Waals surface area contributed by atoms with Gasteiger partial charge in [-0.25, -0.2) is 0 Å². The molecule has 0 unspecified atom stereocenters. The standard InChI is InChI=1S/C19H23N3O2.ClH/c1-12-17(14-5-3-4-6-16(14)21(12)2)18(23)19(24)20-15-11-22-9-7-13(15)8-10-22;/h3-6,13,15H,7-11H2,1-2H3,(H,20,24);1H/t15-;/m1./s1. The molecule has 3 fully saturated rings. The van der Waals surface area contributed by atoms with Crippen molar-refractivity contribution in [2.24, 2.45) is 13.0 Å². The molecule has 134 valence electrons. The van der Waals surface area contributed by atoms with E-state index in [1.165, 1.54) is 0 Å². The second kappa shape index (κ2) is 6.81. The number of para-hydroxylation sites is 1. The molecule has 3 aliphatic rings. The van der Waals surface area contributed by atoms with E-state index in [0.717, 1.165) is 49.1 Å². The number of hydrogen-bond donors (Lipinski definition) is 1. The maximum absolute atomic E-state index is 12.8. The predicted molar refractivity (Wildman–Crippen MR) is 100 cm³/mol. The highest BCUT2D eigenvalue weighted by Crippen LogP contribution is 2.28. The van der Waals surface area contributed by atoms with E-state index < -0.39 is 11.7 Å². The number of halogens is 1. The molecule has 2 aromatic rings. The SMILES string of the molecule is Cc1c(C(=O)C(=O)N[C@@H]2CN3CCC2CC3)c2ccccc2n1C.Cl. The highest BCUT2D eigenvalue weighted by Gasteiger charge is 2.36. The van der Waals surface area contributed by atoms with E-state index in [1.807, 2.05) is 42.8 Å². The average Bonchev–Trinajstić information content (AvgIpc) is 2.87. The number of amides is 1. The van der Waals surface area contributed by atoms with E-state index in [-0.39, 0.29) is 18.4 Å². The Hall–Kier alpha value is -1.85. The summed E-state index contributed by atoms with van der Waals surface area (Å²) >= 11 is 0. The highest BCUT2D eigenvalue weighted by molar-refractivity contribution is 6.45. The number of ketones is 1. The number of benzene rings is 1. The maximum Gasteiger partial charge on any atom is 0.292 e. The van der Waals surface area contributed by atoms with Crippen molar-refractivity contribution in [2.45, 2.75) is 25.8 Å². The zero-order valence-electron chi connectivity index (χ0n) is 14.6. The lowest BCUT2D eigenvalue weighted by Crippen LogP contribution is -2.58. The van der Waals surface area contributed by atoms with Crippen LogP contribution in [0.5, 0.6) is 0 Å². The molecule has 5 rings (SSSR count). The van der Waals surface area contributed by atoms with Crippen molar-refractivity contribution in [3.8, 4) is 0 Å². The normalized spacial score (nSPS) is 24.8. The predicted octanol–water partition coefficient (Wildman–Crippen LogP) is 2.30. The molecule has 5 nitrogen and oxygen atoms in total. The van der Waals surface area contributed by atoms with Crippen LogP contribution in [0.4, 0.5) is 0 Å². The van der Waals surface area contributed by atoms with Crippen molar-refractivity contribution >= 4 is 35.0 Å². The molecule has 3 saturated heterocycles. The maximum atomic E-state index is 12.8. The summed E-state index contributed by atoms with van der Waals surface area (Å²) in [6, 6.07) is 7.86. The van der Waals surface area contributed by atoms with Crippen molar-refractivity contribution in [2.75, 3.05) is 19.6 Å². The number of rotatable bonds is 3. The van der Waals surface area contributed by atoms with Crippen molar-refractivity contribution < 1.29 is 9.59 Å². The van der Waals surface area contributed by atoms with Crippen molar-refractivity contribution in [1.29, 1.82) is 0 Å². The van der Waals surface area contributed by atoms with Crippen LogP contribution in [0.2, 0.25) is 0 Å². The third-order valence-electron chi connectivity index (χ3n) is 5.81. The van der Waals surface area contributed by atoms with Crippen molar-refractivity contribution in [1.82, 2.24) is 14.8 Å². The highest BCUT2D eigenvalue weighted by atomic mass is 35.5. The van der Waals surface area contributed by atoms with Gasteiger partial charge in [-0.3, -0.25) is 9.59 Å². The fourth-order valence-electron chi connectivity index (χ4n) is 4.28. The fraction of sp³-hybridized carbons (Fsp3) is 0.474. The first-order valence-corrected chi connectivity index (χ1v) is 8.68. The number of carbonyl (C=O) groups excluding carboxylic acids is 2.